The highest BCUT2D eigenvalue weighted by atomic mass is 16.5. The number of pyridine rings is 1. The summed E-state index contributed by atoms with van der Waals surface area (Å²) in [7, 11) is 3.82. The molecule has 2 aromatic rings. The van der Waals surface area contributed by atoms with E-state index in [2.05, 4.69) is 24.2 Å². The maximum absolute atomic E-state index is 12.0. The number of rotatable bonds is 11. The molecule has 1 N–H and O–H groups in total. The largest absolute Gasteiger partial charge is 0.493 e. The van der Waals surface area contributed by atoms with Gasteiger partial charge >= 0.3 is 0 Å². The van der Waals surface area contributed by atoms with Gasteiger partial charge in [-0.2, -0.15) is 0 Å². The number of para-hydroxylation sites is 1. The number of nitrogens with zero attached hydrogens (tertiary/aromatic N) is 2. The number of amides is 1. The van der Waals surface area contributed by atoms with Crippen molar-refractivity contribution in [3.63, 3.8) is 0 Å². The van der Waals surface area contributed by atoms with E-state index in [4.69, 9.17) is 4.74 Å². The number of likely N-dealkylation sites (N-methyl/N-ethyl adjacent to an activating group) is 1. The summed E-state index contributed by atoms with van der Waals surface area (Å²) in [5, 5.41) is 3.85. The number of hydrogen-bond donors (Lipinski definition) is 1. The van der Waals surface area contributed by atoms with Gasteiger partial charge in [-0.25, -0.2) is 0 Å². The average Bonchev–Trinajstić information content (AvgIpc) is 2.67. The Morgan fingerprint density at radius 1 is 1.22 bits per heavy atom. The summed E-state index contributed by atoms with van der Waals surface area (Å²) < 4.78 is 7.40. The number of ether oxygens (including phenoxy) is 1. The highest BCUT2D eigenvalue weighted by Gasteiger charge is 2.08. The van der Waals surface area contributed by atoms with Crippen LogP contribution in [0, 0.1) is 0 Å². The lowest BCUT2D eigenvalue weighted by molar-refractivity contribution is -0.121. The number of nitrogens with one attached hydrogen (secondary N) is 1. The fraction of sp³-hybridized carbons (Fsp3) is 0.524. The number of aryl methyl sites for hydroxylation is 1. The molecule has 0 radical (unpaired) electrons. The lowest BCUT2D eigenvalue weighted by Gasteiger charge is -2.16. The van der Waals surface area contributed by atoms with Gasteiger partial charge in [-0.15, -0.1) is 0 Å². The molecular formula is C21H31N3O3. The van der Waals surface area contributed by atoms with Crippen LogP contribution in [0.15, 0.2) is 35.1 Å². The van der Waals surface area contributed by atoms with E-state index >= 15 is 0 Å². The van der Waals surface area contributed by atoms with Crippen molar-refractivity contribution in [1.29, 1.82) is 0 Å². The first-order valence-electron chi connectivity index (χ1n) is 9.69. The predicted molar refractivity (Wildman–Crippen MR) is 109 cm³/mol. The molecule has 2 rings (SSSR count). The zero-order valence-electron chi connectivity index (χ0n) is 16.7. The van der Waals surface area contributed by atoms with Crippen molar-refractivity contribution in [2.24, 2.45) is 7.05 Å². The van der Waals surface area contributed by atoms with Crippen LogP contribution in [0.25, 0.3) is 10.9 Å². The van der Waals surface area contributed by atoms with Crippen LogP contribution in [0.4, 0.5) is 0 Å². The molecule has 1 heterocycles. The molecule has 0 unspecified atom stereocenters. The third-order valence-electron chi connectivity index (χ3n) is 4.63. The molecule has 0 fully saturated rings. The molecule has 0 aliphatic rings. The molecule has 1 aromatic heterocycles. The van der Waals surface area contributed by atoms with Crippen molar-refractivity contribution in [3.8, 4) is 5.75 Å². The summed E-state index contributed by atoms with van der Waals surface area (Å²) in [4.78, 5) is 26.2. The van der Waals surface area contributed by atoms with Gasteiger partial charge in [0.1, 0.15) is 5.75 Å². The number of hydrogen-bond acceptors (Lipinski definition) is 4. The third-order valence-corrected chi connectivity index (χ3v) is 4.63. The monoisotopic (exact) mass is 373 g/mol. The van der Waals surface area contributed by atoms with Gasteiger partial charge < -0.3 is 19.5 Å². The van der Waals surface area contributed by atoms with E-state index in [1.165, 1.54) is 18.9 Å². The number of fused-ring (bicyclic) bond motifs is 1. The van der Waals surface area contributed by atoms with Gasteiger partial charge in [0, 0.05) is 38.0 Å². The van der Waals surface area contributed by atoms with Crippen LogP contribution in [0.2, 0.25) is 0 Å². The van der Waals surface area contributed by atoms with Crippen LogP contribution >= 0.6 is 0 Å². The molecule has 0 aliphatic carbocycles. The van der Waals surface area contributed by atoms with E-state index in [0.29, 0.717) is 31.7 Å². The van der Waals surface area contributed by atoms with Gasteiger partial charge in [0.2, 0.25) is 5.91 Å². The zero-order valence-corrected chi connectivity index (χ0v) is 16.7. The van der Waals surface area contributed by atoms with E-state index in [9.17, 15) is 9.59 Å². The minimum atomic E-state index is -0.103. The molecule has 1 amide bonds. The van der Waals surface area contributed by atoms with Crippen molar-refractivity contribution < 1.29 is 9.53 Å². The van der Waals surface area contributed by atoms with Crippen LogP contribution in [-0.4, -0.2) is 48.7 Å². The number of carbonyl (C=O) groups excluding carboxylic acids is 1. The zero-order chi connectivity index (χ0) is 19.6. The Hall–Kier alpha value is -2.34. The quantitative estimate of drug-likeness (QED) is 0.615. The average molecular weight is 373 g/mol. The molecule has 148 valence electrons. The maximum Gasteiger partial charge on any atom is 0.254 e. The molecule has 1 aromatic carbocycles. The fourth-order valence-electron chi connectivity index (χ4n) is 2.93. The standard InChI is InChI=1S/C21H31N3O3/c1-4-5-13-23(2)14-12-22-20(25)11-8-15-27-19-16-21(26)24(3)18-10-7-6-9-17(18)19/h6-7,9-10,16H,4-5,8,11-15H2,1-3H3,(H,22,25). The van der Waals surface area contributed by atoms with Crippen LogP contribution in [0.1, 0.15) is 32.6 Å². The second-order valence-electron chi connectivity index (χ2n) is 6.88. The van der Waals surface area contributed by atoms with Gasteiger partial charge in [0.05, 0.1) is 12.1 Å². The second kappa shape index (κ2) is 10.7. The van der Waals surface area contributed by atoms with E-state index < -0.39 is 0 Å². The normalized spacial score (nSPS) is 11.1. The van der Waals surface area contributed by atoms with Crippen molar-refractivity contribution in [3.05, 3.63) is 40.7 Å². The summed E-state index contributed by atoms with van der Waals surface area (Å²) in [5.41, 5.74) is 0.735. The third kappa shape index (κ3) is 6.40. The lowest BCUT2D eigenvalue weighted by atomic mass is 10.2. The summed E-state index contributed by atoms with van der Waals surface area (Å²) >= 11 is 0. The second-order valence-corrected chi connectivity index (χ2v) is 6.88. The first-order chi connectivity index (χ1) is 13.0. The van der Waals surface area contributed by atoms with Gasteiger partial charge in [0.25, 0.3) is 5.56 Å². The Kier molecular flexibility index (Phi) is 8.33. The van der Waals surface area contributed by atoms with E-state index in [-0.39, 0.29) is 11.5 Å². The molecular weight excluding hydrogens is 342 g/mol. The predicted octanol–water partition coefficient (Wildman–Crippen LogP) is 2.55. The fourth-order valence-corrected chi connectivity index (χ4v) is 2.93. The van der Waals surface area contributed by atoms with Crippen molar-refractivity contribution >= 4 is 16.8 Å². The molecule has 0 atom stereocenters. The van der Waals surface area contributed by atoms with E-state index in [1.54, 1.807) is 11.6 Å². The summed E-state index contributed by atoms with van der Waals surface area (Å²) in [6, 6.07) is 9.16. The molecule has 27 heavy (non-hydrogen) atoms. The molecule has 0 bridgehead atoms. The Labute approximate surface area is 161 Å². The number of carbonyl (C=O) groups is 1. The van der Waals surface area contributed by atoms with Crippen LogP contribution < -0.4 is 15.6 Å². The van der Waals surface area contributed by atoms with Crippen molar-refractivity contribution in [2.75, 3.05) is 33.3 Å². The number of unbranched alkanes of at least 4 members (excludes halogenated alkanes) is 1. The SMILES string of the molecule is CCCCN(C)CCNC(=O)CCCOc1cc(=O)n(C)c2ccccc12. The van der Waals surface area contributed by atoms with E-state index in [0.717, 1.165) is 24.0 Å². The smallest absolute Gasteiger partial charge is 0.254 e. The summed E-state index contributed by atoms with van der Waals surface area (Å²) in [6.45, 7) is 5.17. The Morgan fingerprint density at radius 2 is 2.00 bits per heavy atom. The van der Waals surface area contributed by atoms with Gasteiger partial charge in [0.15, 0.2) is 0 Å². The maximum atomic E-state index is 12.0. The summed E-state index contributed by atoms with van der Waals surface area (Å²) in [5.74, 6) is 0.614. The number of benzene rings is 1. The van der Waals surface area contributed by atoms with E-state index in [1.807, 2.05) is 24.3 Å². The molecule has 0 saturated heterocycles. The molecule has 0 spiro atoms. The van der Waals surface area contributed by atoms with Crippen molar-refractivity contribution in [1.82, 2.24) is 14.8 Å². The molecule has 6 heteroatoms. The van der Waals surface area contributed by atoms with Gasteiger partial charge in [-0.3, -0.25) is 9.59 Å². The first-order valence-corrected chi connectivity index (χ1v) is 9.69. The first kappa shape index (κ1) is 21.0. The van der Waals surface area contributed by atoms with Crippen molar-refractivity contribution in [2.45, 2.75) is 32.6 Å². The number of aromatic nitrogens is 1. The lowest BCUT2D eigenvalue weighted by Crippen LogP contribution is -2.33. The Bertz CT molecular complexity index is 801. The minimum Gasteiger partial charge on any atom is -0.493 e. The van der Waals surface area contributed by atoms with Crippen LogP contribution in [-0.2, 0) is 11.8 Å². The highest BCUT2D eigenvalue weighted by Crippen LogP contribution is 2.23. The highest BCUT2D eigenvalue weighted by molar-refractivity contribution is 5.85. The van der Waals surface area contributed by atoms with Crippen LogP contribution in [0.5, 0.6) is 5.75 Å². The summed E-state index contributed by atoms with van der Waals surface area (Å²) in [6.07, 6.45) is 3.39. The molecule has 6 nitrogen and oxygen atoms in total. The van der Waals surface area contributed by atoms with Crippen LogP contribution in [0.3, 0.4) is 0 Å². The molecule has 0 aliphatic heterocycles. The van der Waals surface area contributed by atoms with Gasteiger partial charge in [-0.05, 0) is 38.6 Å². The Morgan fingerprint density at radius 3 is 2.78 bits per heavy atom. The minimum absolute atomic E-state index is 0.0383. The molecule has 0 saturated carbocycles. The van der Waals surface area contributed by atoms with Gasteiger partial charge in [-0.1, -0.05) is 25.5 Å². The Balaban J connectivity index is 1.74. The topological polar surface area (TPSA) is 63.6 Å².